The number of hydrogen-bond acceptors (Lipinski definition) is 4. The second-order valence-electron chi connectivity index (χ2n) is 6.57. The van der Waals surface area contributed by atoms with Gasteiger partial charge in [0.05, 0.1) is 18.1 Å². The Hall–Kier alpha value is -2.67. The zero-order chi connectivity index (χ0) is 17.4. The molecule has 2 atom stereocenters. The van der Waals surface area contributed by atoms with E-state index in [1.807, 2.05) is 35.0 Å². The number of carbonyl (C=O) groups excluding carboxylic acids is 2. The van der Waals surface area contributed by atoms with Crippen molar-refractivity contribution in [1.82, 2.24) is 19.4 Å². The number of piperazine rings is 1. The molecule has 0 unspecified atom stereocenters. The Morgan fingerprint density at radius 3 is 2.88 bits per heavy atom. The number of aromatic nitrogens is 2. The molecular weight excluding hydrogens is 320 g/mol. The standard InChI is InChI=1S/C18H20N4O3/c23-14-5-7-22-16(9-14)18(25)21(11-17(22)24)10-13-3-1-2-4-15(13)20-8-6-19-12-20/h1-4,6,8,12,14,16,23H,5,7,9-11H2/t14-,16+/m1/s1. The molecule has 0 spiro atoms. The first-order valence-corrected chi connectivity index (χ1v) is 8.46. The van der Waals surface area contributed by atoms with Crippen molar-refractivity contribution >= 4 is 11.8 Å². The summed E-state index contributed by atoms with van der Waals surface area (Å²) in [7, 11) is 0. The molecule has 0 radical (unpaired) electrons. The fraction of sp³-hybridized carbons (Fsp3) is 0.389. The minimum absolute atomic E-state index is 0.0448. The first kappa shape index (κ1) is 15.8. The Kier molecular flexibility index (Phi) is 4.01. The summed E-state index contributed by atoms with van der Waals surface area (Å²) in [5.74, 6) is -0.129. The lowest BCUT2D eigenvalue weighted by Gasteiger charge is -2.44. The van der Waals surface area contributed by atoms with E-state index in [-0.39, 0.29) is 18.4 Å². The van der Waals surface area contributed by atoms with Gasteiger partial charge in [0, 0.05) is 31.9 Å². The van der Waals surface area contributed by atoms with Gasteiger partial charge in [-0.05, 0) is 18.1 Å². The molecule has 2 aliphatic rings. The molecule has 0 saturated carbocycles. The summed E-state index contributed by atoms with van der Waals surface area (Å²) in [6, 6.07) is 7.23. The van der Waals surface area contributed by atoms with Crippen LogP contribution in [-0.4, -0.2) is 61.5 Å². The van der Waals surface area contributed by atoms with Crippen LogP contribution >= 0.6 is 0 Å². The molecule has 2 aliphatic heterocycles. The summed E-state index contributed by atoms with van der Waals surface area (Å²) in [5, 5.41) is 9.88. The molecule has 0 bridgehead atoms. The van der Waals surface area contributed by atoms with Gasteiger partial charge in [0.2, 0.25) is 11.8 Å². The molecule has 2 saturated heterocycles. The molecule has 2 aromatic rings. The molecule has 1 aromatic heterocycles. The van der Waals surface area contributed by atoms with Gasteiger partial charge in [0.25, 0.3) is 0 Å². The van der Waals surface area contributed by atoms with E-state index in [1.165, 1.54) is 0 Å². The van der Waals surface area contributed by atoms with Crippen LogP contribution in [0.5, 0.6) is 0 Å². The number of imidazole rings is 1. The van der Waals surface area contributed by atoms with Gasteiger partial charge >= 0.3 is 0 Å². The Balaban J connectivity index is 1.59. The number of piperidine rings is 1. The van der Waals surface area contributed by atoms with E-state index in [2.05, 4.69) is 4.98 Å². The number of fused-ring (bicyclic) bond motifs is 1. The fourth-order valence-corrected chi connectivity index (χ4v) is 3.66. The number of rotatable bonds is 3. The third-order valence-corrected chi connectivity index (χ3v) is 4.95. The Bertz CT molecular complexity index is 789. The van der Waals surface area contributed by atoms with Crippen LogP contribution in [-0.2, 0) is 16.1 Å². The molecule has 7 heteroatoms. The SMILES string of the molecule is O=C1[C@@H]2C[C@H](O)CCN2C(=O)CN1Cc1ccccc1-n1ccnc1. The number of nitrogens with zero attached hydrogens (tertiary/aromatic N) is 4. The van der Waals surface area contributed by atoms with E-state index in [1.54, 1.807) is 22.3 Å². The Morgan fingerprint density at radius 1 is 1.24 bits per heavy atom. The Morgan fingerprint density at radius 2 is 2.08 bits per heavy atom. The number of hydrogen-bond donors (Lipinski definition) is 1. The van der Waals surface area contributed by atoms with Crippen molar-refractivity contribution in [3.8, 4) is 5.69 Å². The molecule has 25 heavy (non-hydrogen) atoms. The lowest BCUT2D eigenvalue weighted by molar-refractivity contribution is -0.160. The van der Waals surface area contributed by atoms with Gasteiger partial charge in [-0.3, -0.25) is 9.59 Å². The number of carbonyl (C=O) groups is 2. The molecular formula is C18H20N4O3. The summed E-state index contributed by atoms with van der Waals surface area (Å²) in [6.07, 6.45) is 5.61. The summed E-state index contributed by atoms with van der Waals surface area (Å²) in [6.45, 7) is 0.902. The highest BCUT2D eigenvalue weighted by Gasteiger charge is 2.42. The van der Waals surface area contributed by atoms with E-state index in [0.717, 1.165) is 11.3 Å². The maximum atomic E-state index is 12.9. The second-order valence-corrected chi connectivity index (χ2v) is 6.57. The lowest BCUT2D eigenvalue weighted by atomic mass is 9.95. The van der Waals surface area contributed by atoms with Gasteiger partial charge in [-0.1, -0.05) is 18.2 Å². The highest BCUT2D eigenvalue weighted by atomic mass is 16.3. The first-order chi connectivity index (χ1) is 12.1. The van der Waals surface area contributed by atoms with Crippen molar-refractivity contribution in [2.24, 2.45) is 0 Å². The maximum absolute atomic E-state index is 12.9. The van der Waals surface area contributed by atoms with Crippen molar-refractivity contribution in [2.75, 3.05) is 13.1 Å². The zero-order valence-electron chi connectivity index (χ0n) is 13.8. The molecule has 4 rings (SSSR count). The number of aliphatic hydroxyl groups excluding tert-OH is 1. The molecule has 0 aliphatic carbocycles. The van der Waals surface area contributed by atoms with E-state index in [4.69, 9.17) is 0 Å². The molecule has 1 aromatic carbocycles. The van der Waals surface area contributed by atoms with Gasteiger partial charge in [-0.25, -0.2) is 4.98 Å². The van der Waals surface area contributed by atoms with Gasteiger partial charge < -0.3 is 19.5 Å². The molecule has 7 nitrogen and oxygen atoms in total. The normalized spacial score (nSPS) is 23.7. The minimum Gasteiger partial charge on any atom is -0.393 e. The van der Waals surface area contributed by atoms with Gasteiger partial charge in [0.15, 0.2) is 0 Å². The summed E-state index contributed by atoms with van der Waals surface area (Å²) in [5.41, 5.74) is 1.89. The quantitative estimate of drug-likeness (QED) is 0.886. The highest BCUT2D eigenvalue weighted by molar-refractivity contribution is 5.95. The third-order valence-electron chi connectivity index (χ3n) is 4.95. The Labute approximate surface area is 145 Å². The van der Waals surface area contributed by atoms with Crippen molar-refractivity contribution < 1.29 is 14.7 Å². The summed E-state index contributed by atoms with van der Waals surface area (Å²) in [4.78, 5) is 32.6. The predicted octanol–water partition coefficient (Wildman–Crippen LogP) is 0.566. The molecule has 2 amide bonds. The monoisotopic (exact) mass is 340 g/mol. The first-order valence-electron chi connectivity index (χ1n) is 8.46. The van der Waals surface area contributed by atoms with Crippen LogP contribution in [0.1, 0.15) is 18.4 Å². The predicted molar refractivity (Wildman–Crippen MR) is 89.7 cm³/mol. The van der Waals surface area contributed by atoms with Crippen LogP contribution in [0.15, 0.2) is 43.0 Å². The van der Waals surface area contributed by atoms with Crippen molar-refractivity contribution in [1.29, 1.82) is 0 Å². The van der Waals surface area contributed by atoms with E-state index < -0.39 is 12.1 Å². The van der Waals surface area contributed by atoms with Crippen LogP contribution < -0.4 is 0 Å². The van der Waals surface area contributed by atoms with E-state index in [9.17, 15) is 14.7 Å². The topological polar surface area (TPSA) is 78.7 Å². The minimum atomic E-state index is -0.537. The largest absolute Gasteiger partial charge is 0.393 e. The van der Waals surface area contributed by atoms with Gasteiger partial charge in [-0.2, -0.15) is 0 Å². The number of amides is 2. The molecule has 130 valence electrons. The zero-order valence-corrected chi connectivity index (χ0v) is 13.8. The lowest BCUT2D eigenvalue weighted by Crippen LogP contribution is -2.62. The van der Waals surface area contributed by atoms with E-state index in [0.29, 0.717) is 25.9 Å². The van der Waals surface area contributed by atoms with Crippen LogP contribution in [0, 0.1) is 0 Å². The van der Waals surface area contributed by atoms with Crippen LogP contribution in [0.3, 0.4) is 0 Å². The summed E-state index contributed by atoms with van der Waals surface area (Å²) >= 11 is 0. The van der Waals surface area contributed by atoms with Gasteiger partial charge in [-0.15, -0.1) is 0 Å². The van der Waals surface area contributed by atoms with Crippen LogP contribution in [0.25, 0.3) is 5.69 Å². The van der Waals surface area contributed by atoms with Gasteiger partial charge in [0.1, 0.15) is 12.6 Å². The molecule has 3 heterocycles. The number of para-hydroxylation sites is 1. The van der Waals surface area contributed by atoms with Crippen LogP contribution in [0.2, 0.25) is 0 Å². The molecule has 1 N–H and O–H groups in total. The summed E-state index contributed by atoms with van der Waals surface area (Å²) < 4.78 is 1.89. The smallest absolute Gasteiger partial charge is 0.246 e. The van der Waals surface area contributed by atoms with Crippen molar-refractivity contribution in [2.45, 2.75) is 31.5 Å². The average Bonchev–Trinajstić information content (AvgIpc) is 3.14. The average molecular weight is 340 g/mol. The number of aliphatic hydroxyl groups is 1. The third kappa shape index (κ3) is 2.91. The van der Waals surface area contributed by atoms with E-state index >= 15 is 0 Å². The second kappa shape index (κ2) is 6.33. The highest BCUT2D eigenvalue weighted by Crippen LogP contribution is 2.25. The maximum Gasteiger partial charge on any atom is 0.246 e. The van der Waals surface area contributed by atoms with Crippen molar-refractivity contribution in [3.63, 3.8) is 0 Å². The van der Waals surface area contributed by atoms with Crippen LogP contribution in [0.4, 0.5) is 0 Å². The number of benzene rings is 1. The molecule has 2 fully saturated rings. The van der Waals surface area contributed by atoms with Crippen molar-refractivity contribution in [3.05, 3.63) is 48.5 Å². The fourth-order valence-electron chi connectivity index (χ4n) is 3.66.